The third-order valence-electron chi connectivity index (χ3n) is 8.91. The summed E-state index contributed by atoms with van der Waals surface area (Å²) >= 11 is 0. The molecule has 4 aromatic heterocycles. The van der Waals surface area contributed by atoms with Crippen molar-refractivity contribution in [2.24, 2.45) is 23.3 Å². The van der Waals surface area contributed by atoms with Gasteiger partial charge in [0.25, 0.3) is 17.5 Å². The number of amides is 2. The van der Waals surface area contributed by atoms with Crippen molar-refractivity contribution in [1.29, 1.82) is 0 Å². The Kier molecular flexibility index (Phi) is 10.1. The molecule has 2 aliphatic rings. The van der Waals surface area contributed by atoms with E-state index in [1.807, 2.05) is 6.07 Å². The van der Waals surface area contributed by atoms with E-state index in [1.165, 1.54) is 54.9 Å². The van der Waals surface area contributed by atoms with Crippen LogP contribution in [-0.2, 0) is 0 Å². The molecule has 0 saturated heterocycles. The highest BCUT2D eigenvalue weighted by atomic mass is 16.6. The van der Waals surface area contributed by atoms with Crippen molar-refractivity contribution in [1.82, 2.24) is 19.2 Å². The second-order valence-corrected chi connectivity index (χ2v) is 12.0. The van der Waals surface area contributed by atoms with Gasteiger partial charge in [0.05, 0.1) is 62.7 Å². The second kappa shape index (κ2) is 13.8. The highest BCUT2D eigenvalue weighted by Crippen LogP contribution is 2.33. The molecule has 2 saturated carbocycles. The molecule has 4 atom stereocenters. The normalized spacial score (nSPS) is 21.3. The molecule has 14 heteroatoms. The smallest absolute Gasteiger partial charge is 0.289 e. The van der Waals surface area contributed by atoms with Crippen LogP contribution in [0, 0.1) is 22.0 Å². The molecular formula is C31H44N10O4. The predicted molar refractivity (Wildman–Crippen MR) is 175 cm³/mol. The molecule has 0 unspecified atom stereocenters. The molecule has 0 bridgehead atoms. The van der Waals surface area contributed by atoms with Crippen LogP contribution in [0.2, 0.25) is 0 Å². The molecule has 0 spiro atoms. The van der Waals surface area contributed by atoms with Crippen molar-refractivity contribution >= 4 is 45.6 Å². The first kappa shape index (κ1) is 33.0. The van der Waals surface area contributed by atoms with E-state index < -0.39 is 16.7 Å². The Bertz CT molecular complexity index is 1700. The van der Waals surface area contributed by atoms with Gasteiger partial charge in [0.1, 0.15) is 6.20 Å². The lowest BCUT2D eigenvalue weighted by atomic mass is 9.85. The van der Waals surface area contributed by atoms with Crippen LogP contribution < -0.4 is 27.8 Å². The third-order valence-corrected chi connectivity index (χ3v) is 8.91. The summed E-state index contributed by atoms with van der Waals surface area (Å²) in [6.45, 7) is 4.41. The fraction of sp³-hybridized carbons (Fsp3) is 0.484. The zero-order valence-electron chi connectivity index (χ0n) is 25.0. The molecular weight excluding hydrogens is 576 g/mol. The Morgan fingerprint density at radius 3 is 1.71 bits per heavy atom. The minimum atomic E-state index is -0.602. The van der Waals surface area contributed by atoms with Gasteiger partial charge in [0, 0.05) is 18.2 Å². The number of carbonyl (C=O) groups excluding carboxylic acids is 2. The predicted octanol–water partition coefficient (Wildman–Crippen LogP) is 4.97. The van der Waals surface area contributed by atoms with E-state index in [4.69, 9.17) is 17.2 Å². The van der Waals surface area contributed by atoms with Crippen LogP contribution in [0.3, 0.4) is 0 Å². The maximum absolute atomic E-state index is 11.7. The monoisotopic (exact) mass is 620 g/mol. The van der Waals surface area contributed by atoms with E-state index in [0.29, 0.717) is 40.3 Å². The van der Waals surface area contributed by atoms with E-state index in [0.717, 1.165) is 36.9 Å². The first-order chi connectivity index (χ1) is 21.0. The summed E-state index contributed by atoms with van der Waals surface area (Å²) in [5.41, 5.74) is 20.6. The van der Waals surface area contributed by atoms with E-state index >= 15 is 0 Å². The van der Waals surface area contributed by atoms with Crippen LogP contribution >= 0.6 is 0 Å². The molecule has 2 amide bonds. The van der Waals surface area contributed by atoms with Gasteiger partial charge in [0.2, 0.25) is 0 Å². The van der Waals surface area contributed by atoms with Crippen LogP contribution in [-0.4, -0.2) is 48.0 Å². The molecule has 4 aromatic rings. The molecule has 4 heterocycles. The molecule has 45 heavy (non-hydrogen) atoms. The van der Waals surface area contributed by atoms with Gasteiger partial charge < -0.3 is 27.8 Å². The molecule has 0 radical (unpaired) electrons. The van der Waals surface area contributed by atoms with Crippen molar-refractivity contribution in [3.63, 3.8) is 0 Å². The summed E-state index contributed by atoms with van der Waals surface area (Å²) in [6, 6.07) is 3.78. The van der Waals surface area contributed by atoms with Gasteiger partial charge in [-0.1, -0.05) is 47.0 Å². The van der Waals surface area contributed by atoms with E-state index in [2.05, 4.69) is 34.7 Å². The standard InChI is InChI=1S/C15H19N5O3.C15H21N5O.CH4/c1-9-4-2-3-5-12(9)18-14-11(15(16)21)7-17-19-8-10(20(22)23)6-13(14)19;1-9-4-2-3-5-12(9)19-14-11(15(17)21)7-18-20-8-10(16)6-13(14)20;/h6-9,12,18H,2-5H2,1H3,(H2,16,21);6-9,12,19H,2-5,16H2,1H3,(H2,17,21);1H4/t2*9-,12+;/m00./s1. The second-order valence-electron chi connectivity index (χ2n) is 12.0. The molecule has 2 aliphatic carbocycles. The van der Waals surface area contributed by atoms with E-state index in [9.17, 15) is 19.7 Å². The quantitative estimate of drug-likeness (QED) is 0.139. The average molecular weight is 621 g/mol. The summed E-state index contributed by atoms with van der Waals surface area (Å²) in [4.78, 5) is 33.9. The summed E-state index contributed by atoms with van der Waals surface area (Å²) in [5.74, 6) is -0.0480. The molecule has 6 rings (SSSR count). The first-order valence-corrected chi connectivity index (χ1v) is 15.1. The van der Waals surface area contributed by atoms with E-state index in [-0.39, 0.29) is 24.7 Å². The summed E-state index contributed by atoms with van der Waals surface area (Å²) in [7, 11) is 0. The Labute approximate surface area is 261 Å². The minimum Gasteiger partial charge on any atom is -0.397 e. The number of anilines is 3. The lowest BCUT2D eigenvalue weighted by molar-refractivity contribution is -0.384. The topological polar surface area (TPSA) is 214 Å². The van der Waals surface area contributed by atoms with Crippen LogP contribution in [0.25, 0.3) is 11.0 Å². The van der Waals surface area contributed by atoms with Gasteiger partial charge in [-0.15, -0.1) is 0 Å². The number of nitrogens with one attached hydrogen (secondary N) is 2. The Morgan fingerprint density at radius 1 is 0.822 bits per heavy atom. The number of nitrogen functional groups attached to an aromatic ring is 1. The number of rotatable bonds is 7. The average Bonchev–Trinajstić information content (AvgIpc) is 3.59. The van der Waals surface area contributed by atoms with Crippen molar-refractivity contribution in [2.45, 2.75) is 84.7 Å². The number of primary amides is 2. The fourth-order valence-electron chi connectivity index (χ4n) is 6.33. The van der Waals surface area contributed by atoms with Gasteiger partial charge in [-0.25, -0.2) is 9.03 Å². The van der Waals surface area contributed by atoms with Crippen LogP contribution in [0.15, 0.2) is 36.9 Å². The summed E-state index contributed by atoms with van der Waals surface area (Å²) in [6.07, 6.45) is 15.1. The maximum Gasteiger partial charge on any atom is 0.289 e. The minimum absolute atomic E-state index is 0. The number of fused-ring (bicyclic) bond motifs is 2. The highest BCUT2D eigenvalue weighted by Gasteiger charge is 2.26. The lowest BCUT2D eigenvalue weighted by Gasteiger charge is -2.31. The molecule has 14 nitrogen and oxygen atoms in total. The van der Waals surface area contributed by atoms with Crippen LogP contribution in [0.4, 0.5) is 22.7 Å². The molecule has 2 fully saturated rings. The number of nitro groups is 1. The van der Waals surface area contributed by atoms with Crippen molar-refractivity contribution in [3.8, 4) is 0 Å². The number of nitrogens with zero attached hydrogens (tertiary/aromatic N) is 5. The largest absolute Gasteiger partial charge is 0.397 e. The summed E-state index contributed by atoms with van der Waals surface area (Å²) in [5, 5.41) is 26.1. The number of hydrogen-bond acceptors (Lipinski definition) is 9. The number of hydrogen-bond donors (Lipinski definition) is 5. The molecule has 242 valence electrons. The lowest BCUT2D eigenvalue weighted by Crippen LogP contribution is -2.31. The Morgan fingerprint density at radius 2 is 1.27 bits per heavy atom. The maximum atomic E-state index is 11.7. The van der Waals surface area contributed by atoms with Crippen molar-refractivity contribution in [2.75, 3.05) is 16.4 Å². The SMILES string of the molecule is C.C[C@H]1CCCC[C@H]1Nc1c(C(N)=O)cnn2cc(N)cc12.C[C@H]1CCCC[C@H]1Nc1c(C(N)=O)cnn2cc([N+](=O)[O-])cc12. The van der Waals surface area contributed by atoms with E-state index in [1.54, 1.807) is 10.7 Å². The van der Waals surface area contributed by atoms with Gasteiger partial charge in [0.15, 0.2) is 0 Å². The van der Waals surface area contributed by atoms with Crippen molar-refractivity contribution < 1.29 is 14.5 Å². The van der Waals surface area contributed by atoms with Gasteiger partial charge in [-0.05, 0) is 43.6 Å². The molecule has 0 aliphatic heterocycles. The zero-order chi connectivity index (χ0) is 31.5. The number of aromatic nitrogens is 4. The van der Waals surface area contributed by atoms with Crippen molar-refractivity contribution in [3.05, 3.63) is 58.2 Å². The Balaban J connectivity index is 0.000000201. The number of nitrogens with two attached hydrogens (primary N) is 3. The van der Waals surface area contributed by atoms with Crippen LogP contribution in [0.1, 0.15) is 93.4 Å². The van der Waals surface area contributed by atoms with Gasteiger partial charge >= 0.3 is 0 Å². The summed E-state index contributed by atoms with van der Waals surface area (Å²) < 4.78 is 3.08. The highest BCUT2D eigenvalue weighted by molar-refractivity contribution is 6.03. The van der Waals surface area contributed by atoms with Gasteiger partial charge in [-0.3, -0.25) is 19.7 Å². The molecule has 0 aromatic carbocycles. The fourth-order valence-corrected chi connectivity index (χ4v) is 6.33. The van der Waals surface area contributed by atoms with Gasteiger partial charge in [-0.2, -0.15) is 10.2 Å². The first-order valence-electron chi connectivity index (χ1n) is 15.1. The third kappa shape index (κ3) is 7.10. The zero-order valence-corrected chi connectivity index (χ0v) is 25.0. The molecule has 8 N–H and O–H groups in total. The van der Waals surface area contributed by atoms with Crippen LogP contribution in [0.5, 0.6) is 0 Å². The Hall–Kier alpha value is -4.88. The number of carbonyl (C=O) groups is 2.